The summed E-state index contributed by atoms with van der Waals surface area (Å²) < 4.78 is 37.6. The summed E-state index contributed by atoms with van der Waals surface area (Å²) in [5.74, 6) is -1.49. The standard InChI is InChI=1S/C11H7ClF3N3/c12-7-3-1-6(2-4-7)8-5-9(16)18-10(17-8)11(13,14)15/h1-5H,(H2,16,17,18). The molecule has 2 aromatic rings. The Balaban J connectivity index is 2.52. The van der Waals surface area contributed by atoms with Gasteiger partial charge in [0.2, 0.25) is 5.82 Å². The highest BCUT2D eigenvalue weighted by Crippen LogP contribution is 2.29. The van der Waals surface area contributed by atoms with Gasteiger partial charge in [-0.25, -0.2) is 9.97 Å². The van der Waals surface area contributed by atoms with E-state index in [1.54, 1.807) is 24.3 Å². The van der Waals surface area contributed by atoms with Gasteiger partial charge < -0.3 is 5.73 Å². The number of halogens is 4. The molecule has 3 nitrogen and oxygen atoms in total. The number of hydrogen-bond acceptors (Lipinski definition) is 3. The van der Waals surface area contributed by atoms with Crippen LogP contribution in [0, 0.1) is 0 Å². The molecule has 0 aliphatic rings. The van der Waals surface area contributed by atoms with Gasteiger partial charge in [0.15, 0.2) is 0 Å². The summed E-state index contributed by atoms with van der Waals surface area (Å²) in [4.78, 5) is 6.61. The molecule has 1 aromatic heterocycles. The predicted molar refractivity (Wildman–Crippen MR) is 61.9 cm³/mol. The van der Waals surface area contributed by atoms with E-state index < -0.39 is 12.0 Å². The Morgan fingerprint density at radius 2 is 1.67 bits per heavy atom. The first-order valence-corrected chi connectivity index (χ1v) is 5.22. The number of hydrogen-bond donors (Lipinski definition) is 1. The number of nitrogen functional groups attached to an aromatic ring is 1. The van der Waals surface area contributed by atoms with E-state index in [-0.39, 0.29) is 11.5 Å². The van der Waals surface area contributed by atoms with Crippen molar-refractivity contribution in [3.05, 3.63) is 41.2 Å². The molecular formula is C11H7ClF3N3. The molecule has 0 saturated heterocycles. The fraction of sp³-hybridized carbons (Fsp3) is 0.0909. The minimum absolute atomic E-state index is 0.103. The molecule has 0 aliphatic heterocycles. The number of nitrogens with two attached hydrogens (primary N) is 1. The smallest absolute Gasteiger partial charge is 0.384 e. The molecule has 18 heavy (non-hydrogen) atoms. The second kappa shape index (κ2) is 4.45. The molecule has 2 N–H and O–H groups in total. The SMILES string of the molecule is Nc1cc(-c2ccc(Cl)cc2)nc(C(F)(F)F)n1. The third-order valence-electron chi connectivity index (χ3n) is 2.14. The van der Waals surface area contributed by atoms with E-state index in [4.69, 9.17) is 17.3 Å². The molecule has 94 valence electrons. The molecule has 0 fully saturated rings. The number of benzene rings is 1. The molecule has 2 rings (SSSR count). The Kier molecular flexibility index (Phi) is 3.13. The Bertz CT molecular complexity index is 567. The van der Waals surface area contributed by atoms with Gasteiger partial charge in [0.25, 0.3) is 0 Å². The fourth-order valence-corrected chi connectivity index (χ4v) is 1.49. The maximum atomic E-state index is 12.5. The van der Waals surface area contributed by atoms with Crippen LogP contribution in [0.1, 0.15) is 5.82 Å². The van der Waals surface area contributed by atoms with Crippen molar-refractivity contribution < 1.29 is 13.2 Å². The van der Waals surface area contributed by atoms with Crippen LogP contribution in [0.25, 0.3) is 11.3 Å². The van der Waals surface area contributed by atoms with Crippen LogP contribution < -0.4 is 5.73 Å². The fourth-order valence-electron chi connectivity index (χ4n) is 1.36. The van der Waals surface area contributed by atoms with Crippen molar-refractivity contribution in [1.29, 1.82) is 0 Å². The van der Waals surface area contributed by atoms with Crippen LogP contribution in [0.4, 0.5) is 19.0 Å². The van der Waals surface area contributed by atoms with Crippen molar-refractivity contribution in [3.63, 3.8) is 0 Å². The van der Waals surface area contributed by atoms with E-state index in [0.29, 0.717) is 10.6 Å². The maximum absolute atomic E-state index is 12.5. The van der Waals surface area contributed by atoms with Crippen LogP contribution in [0.3, 0.4) is 0 Å². The second-order valence-corrected chi connectivity index (χ2v) is 3.94. The highest BCUT2D eigenvalue weighted by molar-refractivity contribution is 6.30. The lowest BCUT2D eigenvalue weighted by atomic mass is 10.1. The largest absolute Gasteiger partial charge is 0.451 e. The van der Waals surface area contributed by atoms with Gasteiger partial charge in [0.1, 0.15) is 5.82 Å². The third kappa shape index (κ3) is 2.70. The van der Waals surface area contributed by atoms with Gasteiger partial charge in [-0.3, -0.25) is 0 Å². The molecule has 0 unspecified atom stereocenters. The van der Waals surface area contributed by atoms with Crippen molar-refractivity contribution in [2.24, 2.45) is 0 Å². The molecule has 7 heteroatoms. The zero-order chi connectivity index (χ0) is 13.3. The van der Waals surface area contributed by atoms with Gasteiger partial charge in [-0.15, -0.1) is 0 Å². The highest BCUT2D eigenvalue weighted by Gasteiger charge is 2.35. The van der Waals surface area contributed by atoms with Gasteiger partial charge in [0.05, 0.1) is 5.69 Å². The van der Waals surface area contributed by atoms with E-state index in [1.165, 1.54) is 6.07 Å². The third-order valence-corrected chi connectivity index (χ3v) is 2.39. The summed E-state index contributed by atoms with van der Waals surface area (Å²) in [5, 5.41) is 0.483. The Morgan fingerprint density at radius 1 is 1.06 bits per heavy atom. The maximum Gasteiger partial charge on any atom is 0.451 e. The van der Waals surface area contributed by atoms with Crippen molar-refractivity contribution in [1.82, 2.24) is 9.97 Å². The average Bonchev–Trinajstić information content (AvgIpc) is 2.28. The molecule has 0 bridgehead atoms. The lowest BCUT2D eigenvalue weighted by molar-refractivity contribution is -0.144. The number of nitrogens with zero attached hydrogens (tertiary/aromatic N) is 2. The minimum atomic E-state index is -4.63. The second-order valence-electron chi connectivity index (χ2n) is 3.51. The average molecular weight is 274 g/mol. The van der Waals surface area contributed by atoms with Gasteiger partial charge in [0, 0.05) is 16.7 Å². The van der Waals surface area contributed by atoms with Gasteiger partial charge in [-0.1, -0.05) is 23.7 Å². The molecule has 0 radical (unpaired) electrons. The van der Waals surface area contributed by atoms with Crippen LogP contribution in [0.5, 0.6) is 0 Å². The number of aromatic nitrogens is 2. The van der Waals surface area contributed by atoms with Crippen molar-refractivity contribution in [3.8, 4) is 11.3 Å². The number of anilines is 1. The lowest BCUT2D eigenvalue weighted by Crippen LogP contribution is -2.13. The first-order valence-electron chi connectivity index (χ1n) is 4.84. The summed E-state index contributed by atoms with van der Waals surface area (Å²) in [7, 11) is 0. The molecule has 0 spiro atoms. The molecule has 1 heterocycles. The van der Waals surface area contributed by atoms with Crippen LogP contribution in [-0.4, -0.2) is 9.97 Å². The number of rotatable bonds is 1. The molecule has 1 aromatic carbocycles. The van der Waals surface area contributed by atoms with Gasteiger partial charge in [-0.05, 0) is 12.1 Å². The zero-order valence-corrected chi connectivity index (χ0v) is 9.63. The summed E-state index contributed by atoms with van der Waals surface area (Å²) >= 11 is 5.70. The summed E-state index contributed by atoms with van der Waals surface area (Å²) in [6.45, 7) is 0. The van der Waals surface area contributed by atoms with E-state index in [2.05, 4.69) is 9.97 Å². The zero-order valence-electron chi connectivity index (χ0n) is 8.87. The van der Waals surface area contributed by atoms with Crippen LogP contribution in [0.15, 0.2) is 30.3 Å². The molecule has 0 aliphatic carbocycles. The minimum Gasteiger partial charge on any atom is -0.384 e. The Labute approximate surface area is 105 Å². The lowest BCUT2D eigenvalue weighted by Gasteiger charge is -2.08. The van der Waals surface area contributed by atoms with Crippen LogP contribution in [0.2, 0.25) is 5.02 Å². The summed E-state index contributed by atoms with van der Waals surface area (Å²) in [6, 6.07) is 7.51. The normalized spacial score (nSPS) is 11.6. The van der Waals surface area contributed by atoms with Crippen LogP contribution in [-0.2, 0) is 6.18 Å². The molecule has 0 saturated carbocycles. The van der Waals surface area contributed by atoms with Gasteiger partial charge >= 0.3 is 6.18 Å². The number of alkyl halides is 3. The van der Waals surface area contributed by atoms with E-state index >= 15 is 0 Å². The van der Waals surface area contributed by atoms with Crippen molar-refractivity contribution in [2.75, 3.05) is 5.73 Å². The first kappa shape index (κ1) is 12.6. The van der Waals surface area contributed by atoms with Crippen molar-refractivity contribution in [2.45, 2.75) is 6.18 Å². The highest BCUT2D eigenvalue weighted by atomic mass is 35.5. The van der Waals surface area contributed by atoms with E-state index in [9.17, 15) is 13.2 Å². The predicted octanol–water partition coefficient (Wildman–Crippen LogP) is 3.40. The topological polar surface area (TPSA) is 51.8 Å². The first-order chi connectivity index (χ1) is 8.36. The Morgan fingerprint density at radius 3 is 2.22 bits per heavy atom. The van der Waals surface area contributed by atoms with E-state index in [1.807, 2.05) is 0 Å². The summed E-state index contributed by atoms with van der Waals surface area (Å²) in [6.07, 6.45) is -4.63. The van der Waals surface area contributed by atoms with Gasteiger partial charge in [-0.2, -0.15) is 13.2 Å². The van der Waals surface area contributed by atoms with Crippen molar-refractivity contribution >= 4 is 17.4 Å². The Hall–Kier alpha value is -1.82. The van der Waals surface area contributed by atoms with E-state index in [0.717, 1.165) is 0 Å². The monoisotopic (exact) mass is 273 g/mol. The molecular weight excluding hydrogens is 267 g/mol. The van der Waals surface area contributed by atoms with Crippen LogP contribution >= 0.6 is 11.6 Å². The summed E-state index contributed by atoms with van der Waals surface area (Å²) in [5.41, 5.74) is 5.93. The quantitative estimate of drug-likeness (QED) is 0.866. The molecule has 0 atom stereocenters. The molecule has 0 amide bonds.